The van der Waals surface area contributed by atoms with E-state index in [2.05, 4.69) is 5.32 Å². The van der Waals surface area contributed by atoms with Gasteiger partial charge in [0.15, 0.2) is 0 Å². The minimum Gasteiger partial charge on any atom is -0.493 e. The lowest BCUT2D eigenvalue weighted by Gasteiger charge is -2.12. The van der Waals surface area contributed by atoms with Crippen molar-refractivity contribution < 1.29 is 14.3 Å². The van der Waals surface area contributed by atoms with Crippen molar-refractivity contribution >= 4 is 11.6 Å². The summed E-state index contributed by atoms with van der Waals surface area (Å²) in [4.78, 5) is 12.1. The van der Waals surface area contributed by atoms with Gasteiger partial charge in [-0.3, -0.25) is 4.79 Å². The summed E-state index contributed by atoms with van der Waals surface area (Å²) in [5.41, 5.74) is 3.99. The quantitative estimate of drug-likeness (QED) is 0.788. The maximum atomic E-state index is 12.1. The second-order valence-corrected chi connectivity index (χ2v) is 5.71. The van der Waals surface area contributed by atoms with Gasteiger partial charge in [-0.05, 0) is 49.6 Å². The van der Waals surface area contributed by atoms with Crippen molar-refractivity contribution in [1.82, 2.24) is 0 Å². The number of aryl methyl sites for hydroxylation is 2. The van der Waals surface area contributed by atoms with Gasteiger partial charge in [0.25, 0.3) is 0 Å². The van der Waals surface area contributed by atoms with E-state index in [0.29, 0.717) is 26.2 Å². The Labute approximate surface area is 143 Å². The Balaban J connectivity index is 1.83. The number of amides is 1. The Morgan fingerprint density at radius 2 is 1.79 bits per heavy atom. The van der Waals surface area contributed by atoms with Crippen molar-refractivity contribution in [2.75, 3.05) is 18.5 Å². The van der Waals surface area contributed by atoms with Crippen LogP contribution in [0.4, 0.5) is 5.69 Å². The molecule has 24 heavy (non-hydrogen) atoms. The number of rotatable bonds is 8. The Kier molecular flexibility index (Phi) is 6.82. The molecule has 0 heterocycles. The van der Waals surface area contributed by atoms with Crippen LogP contribution in [0.15, 0.2) is 42.5 Å². The Bertz CT molecular complexity index is 662. The lowest BCUT2D eigenvalue weighted by atomic mass is 10.1. The first-order chi connectivity index (χ1) is 11.6. The molecule has 0 bridgehead atoms. The average molecular weight is 327 g/mol. The van der Waals surface area contributed by atoms with E-state index in [-0.39, 0.29) is 5.91 Å². The fraction of sp³-hybridized carbons (Fsp3) is 0.350. The van der Waals surface area contributed by atoms with Crippen molar-refractivity contribution in [2.45, 2.75) is 33.8 Å². The number of carbonyl (C=O) groups is 1. The van der Waals surface area contributed by atoms with E-state index in [1.165, 1.54) is 0 Å². The standard InChI is InChI=1S/C20H25NO3/c1-4-23-14-17-9-6-10-18(13-17)21-19(22)11-12-24-20-15(2)7-5-8-16(20)3/h5-10,13H,4,11-12,14H2,1-3H3,(H,21,22). The molecule has 1 amide bonds. The number of benzene rings is 2. The molecule has 0 unspecified atom stereocenters. The van der Waals surface area contributed by atoms with Gasteiger partial charge in [0.05, 0.1) is 19.6 Å². The van der Waals surface area contributed by atoms with Crippen LogP contribution in [-0.4, -0.2) is 19.1 Å². The second-order valence-electron chi connectivity index (χ2n) is 5.71. The molecular formula is C20H25NO3. The van der Waals surface area contributed by atoms with E-state index in [1.807, 2.05) is 63.2 Å². The third-order valence-corrected chi connectivity index (χ3v) is 3.67. The van der Waals surface area contributed by atoms with Gasteiger partial charge in [0, 0.05) is 12.3 Å². The highest BCUT2D eigenvalue weighted by Crippen LogP contribution is 2.22. The summed E-state index contributed by atoms with van der Waals surface area (Å²) in [7, 11) is 0. The Morgan fingerprint density at radius 3 is 2.50 bits per heavy atom. The summed E-state index contributed by atoms with van der Waals surface area (Å²) in [6.45, 7) is 7.55. The number of anilines is 1. The van der Waals surface area contributed by atoms with Gasteiger partial charge in [0.1, 0.15) is 5.75 Å². The third-order valence-electron chi connectivity index (χ3n) is 3.67. The summed E-state index contributed by atoms with van der Waals surface area (Å²) in [6, 6.07) is 13.7. The highest BCUT2D eigenvalue weighted by atomic mass is 16.5. The van der Waals surface area contributed by atoms with Crippen LogP contribution in [0.25, 0.3) is 0 Å². The molecule has 0 aromatic heterocycles. The molecule has 2 aromatic carbocycles. The van der Waals surface area contributed by atoms with Crippen LogP contribution in [0.2, 0.25) is 0 Å². The maximum absolute atomic E-state index is 12.1. The molecule has 0 atom stereocenters. The van der Waals surface area contributed by atoms with E-state index in [4.69, 9.17) is 9.47 Å². The van der Waals surface area contributed by atoms with Crippen LogP contribution in [0.5, 0.6) is 5.75 Å². The minimum atomic E-state index is -0.0604. The number of hydrogen-bond donors (Lipinski definition) is 1. The Morgan fingerprint density at radius 1 is 1.08 bits per heavy atom. The minimum absolute atomic E-state index is 0.0604. The molecule has 1 N–H and O–H groups in total. The van der Waals surface area contributed by atoms with Crippen molar-refractivity contribution in [2.24, 2.45) is 0 Å². The monoisotopic (exact) mass is 327 g/mol. The summed E-state index contributed by atoms with van der Waals surface area (Å²) >= 11 is 0. The summed E-state index contributed by atoms with van der Waals surface area (Å²) in [6.07, 6.45) is 0.309. The molecule has 4 heteroatoms. The maximum Gasteiger partial charge on any atom is 0.227 e. The third kappa shape index (κ3) is 5.39. The number of carbonyl (C=O) groups excluding carboxylic acids is 1. The zero-order valence-corrected chi connectivity index (χ0v) is 14.6. The highest BCUT2D eigenvalue weighted by molar-refractivity contribution is 5.90. The first kappa shape index (κ1) is 18.0. The molecule has 0 radical (unpaired) electrons. The fourth-order valence-electron chi connectivity index (χ4n) is 2.45. The van der Waals surface area contributed by atoms with Gasteiger partial charge >= 0.3 is 0 Å². The van der Waals surface area contributed by atoms with E-state index in [0.717, 1.165) is 28.1 Å². The van der Waals surface area contributed by atoms with Crippen LogP contribution < -0.4 is 10.1 Å². The molecule has 4 nitrogen and oxygen atoms in total. The first-order valence-corrected chi connectivity index (χ1v) is 8.25. The van der Waals surface area contributed by atoms with E-state index >= 15 is 0 Å². The van der Waals surface area contributed by atoms with Gasteiger partial charge in [0.2, 0.25) is 5.91 Å². The molecule has 2 aromatic rings. The largest absolute Gasteiger partial charge is 0.493 e. The topological polar surface area (TPSA) is 47.6 Å². The van der Waals surface area contributed by atoms with Crippen molar-refractivity contribution in [3.05, 3.63) is 59.2 Å². The predicted octanol–water partition coefficient (Wildman–Crippen LogP) is 4.25. The number of hydrogen-bond acceptors (Lipinski definition) is 3. The van der Waals surface area contributed by atoms with Crippen molar-refractivity contribution in [1.29, 1.82) is 0 Å². The Hall–Kier alpha value is -2.33. The van der Waals surface area contributed by atoms with Crippen LogP contribution in [0, 0.1) is 13.8 Å². The summed E-state index contributed by atoms with van der Waals surface area (Å²) in [5.74, 6) is 0.804. The molecule has 0 fully saturated rings. The normalized spacial score (nSPS) is 10.5. The SMILES string of the molecule is CCOCc1cccc(NC(=O)CCOc2c(C)cccc2C)c1. The molecule has 0 aliphatic heterocycles. The van der Waals surface area contributed by atoms with E-state index in [9.17, 15) is 4.79 Å². The second kappa shape index (κ2) is 9.08. The lowest BCUT2D eigenvalue weighted by Crippen LogP contribution is -2.15. The molecule has 128 valence electrons. The molecule has 0 aliphatic rings. The average Bonchev–Trinajstić information content (AvgIpc) is 2.56. The molecule has 2 rings (SSSR count). The van der Waals surface area contributed by atoms with Crippen LogP contribution in [-0.2, 0) is 16.1 Å². The molecule has 0 saturated carbocycles. The summed E-state index contributed by atoms with van der Waals surface area (Å²) in [5, 5.41) is 2.90. The van der Waals surface area contributed by atoms with Crippen LogP contribution in [0.3, 0.4) is 0 Å². The van der Waals surface area contributed by atoms with E-state index in [1.54, 1.807) is 0 Å². The zero-order valence-electron chi connectivity index (χ0n) is 14.6. The fourth-order valence-corrected chi connectivity index (χ4v) is 2.45. The van der Waals surface area contributed by atoms with Gasteiger partial charge in [-0.1, -0.05) is 30.3 Å². The number of para-hydroxylation sites is 1. The van der Waals surface area contributed by atoms with Gasteiger partial charge < -0.3 is 14.8 Å². The van der Waals surface area contributed by atoms with Gasteiger partial charge in [-0.25, -0.2) is 0 Å². The molecule has 0 aliphatic carbocycles. The molecule has 0 saturated heterocycles. The van der Waals surface area contributed by atoms with Crippen LogP contribution in [0.1, 0.15) is 30.0 Å². The highest BCUT2D eigenvalue weighted by Gasteiger charge is 2.07. The van der Waals surface area contributed by atoms with Gasteiger partial charge in [-0.15, -0.1) is 0 Å². The summed E-state index contributed by atoms with van der Waals surface area (Å²) < 4.78 is 11.2. The van der Waals surface area contributed by atoms with Crippen molar-refractivity contribution in [3.63, 3.8) is 0 Å². The predicted molar refractivity (Wildman–Crippen MR) is 96.4 cm³/mol. The number of nitrogens with one attached hydrogen (secondary N) is 1. The smallest absolute Gasteiger partial charge is 0.227 e. The van der Waals surface area contributed by atoms with Crippen LogP contribution >= 0.6 is 0 Å². The zero-order chi connectivity index (χ0) is 17.4. The number of ether oxygens (including phenoxy) is 2. The van der Waals surface area contributed by atoms with Gasteiger partial charge in [-0.2, -0.15) is 0 Å². The van der Waals surface area contributed by atoms with E-state index < -0.39 is 0 Å². The van der Waals surface area contributed by atoms with Crippen molar-refractivity contribution in [3.8, 4) is 5.75 Å². The first-order valence-electron chi connectivity index (χ1n) is 8.25. The molecule has 0 spiro atoms. The molecular weight excluding hydrogens is 302 g/mol. The lowest BCUT2D eigenvalue weighted by molar-refractivity contribution is -0.116.